The first-order valence-electron chi connectivity index (χ1n) is 7.26. The zero-order valence-corrected chi connectivity index (χ0v) is 11.8. The average Bonchev–Trinajstić information content (AvgIpc) is 3.06. The van der Waals surface area contributed by atoms with Crippen LogP contribution in [0.15, 0.2) is 0 Å². The van der Waals surface area contributed by atoms with Crippen LogP contribution in [-0.2, 0) is 9.59 Å². The van der Waals surface area contributed by atoms with Gasteiger partial charge in [-0.3, -0.25) is 14.5 Å². The van der Waals surface area contributed by atoms with E-state index in [0.717, 1.165) is 19.3 Å². The van der Waals surface area contributed by atoms with Crippen LogP contribution in [0, 0.1) is 5.41 Å². The molecule has 1 saturated heterocycles. The number of hydrogen-bond acceptors (Lipinski definition) is 3. The number of rotatable bonds is 6. The minimum atomic E-state index is -0.716. The normalized spacial score (nSPS) is 29.2. The van der Waals surface area contributed by atoms with Gasteiger partial charge in [0.25, 0.3) is 0 Å². The molecule has 1 aliphatic carbocycles. The number of carboxylic acid groups (broad SMARTS) is 1. The molecule has 5 nitrogen and oxygen atoms in total. The van der Waals surface area contributed by atoms with Gasteiger partial charge >= 0.3 is 5.97 Å². The van der Waals surface area contributed by atoms with Crippen molar-refractivity contribution in [1.82, 2.24) is 10.2 Å². The van der Waals surface area contributed by atoms with Gasteiger partial charge in [0.2, 0.25) is 5.91 Å². The van der Waals surface area contributed by atoms with E-state index in [0.29, 0.717) is 32.0 Å². The Balaban J connectivity index is 1.95. The molecule has 1 heterocycles. The molecule has 5 heteroatoms. The number of carboxylic acids is 1. The number of likely N-dealkylation sites (tertiary alicyclic amines) is 1. The lowest BCUT2D eigenvalue weighted by atomic mass is 9.83. The lowest BCUT2D eigenvalue weighted by Gasteiger charge is -2.27. The van der Waals surface area contributed by atoms with Crippen molar-refractivity contribution in [1.29, 1.82) is 0 Å². The van der Waals surface area contributed by atoms with Crippen LogP contribution in [0.4, 0.5) is 0 Å². The van der Waals surface area contributed by atoms with Crippen LogP contribution in [-0.4, -0.2) is 47.1 Å². The Bertz CT molecular complexity index is 368. The van der Waals surface area contributed by atoms with Gasteiger partial charge in [-0.1, -0.05) is 13.3 Å². The summed E-state index contributed by atoms with van der Waals surface area (Å²) in [4.78, 5) is 25.5. The molecule has 2 fully saturated rings. The van der Waals surface area contributed by atoms with Gasteiger partial charge in [-0.15, -0.1) is 0 Å². The van der Waals surface area contributed by atoms with Gasteiger partial charge in [-0.25, -0.2) is 0 Å². The van der Waals surface area contributed by atoms with E-state index in [2.05, 4.69) is 5.32 Å². The standard InChI is InChI=1S/C14H24N2O3/c1-3-6-14(13(18)19)7-8-16(9-14)10(2)12(17)15-11-4-5-11/h10-11H,3-9H2,1-2H3,(H,15,17)(H,18,19). The molecule has 2 aliphatic rings. The Hall–Kier alpha value is -1.10. The largest absolute Gasteiger partial charge is 0.481 e. The molecular weight excluding hydrogens is 244 g/mol. The smallest absolute Gasteiger partial charge is 0.310 e. The minimum Gasteiger partial charge on any atom is -0.481 e. The van der Waals surface area contributed by atoms with Crippen LogP contribution in [0.2, 0.25) is 0 Å². The topological polar surface area (TPSA) is 69.6 Å². The molecule has 2 atom stereocenters. The lowest BCUT2D eigenvalue weighted by molar-refractivity contribution is -0.149. The van der Waals surface area contributed by atoms with Gasteiger partial charge in [0, 0.05) is 19.1 Å². The van der Waals surface area contributed by atoms with Crippen molar-refractivity contribution in [3.8, 4) is 0 Å². The maximum absolute atomic E-state index is 12.0. The fourth-order valence-electron chi connectivity index (χ4n) is 2.91. The van der Waals surface area contributed by atoms with E-state index < -0.39 is 11.4 Å². The molecule has 1 aliphatic heterocycles. The van der Waals surface area contributed by atoms with Gasteiger partial charge in [0.1, 0.15) is 0 Å². The van der Waals surface area contributed by atoms with E-state index in [1.807, 2.05) is 18.7 Å². The summed E-state index contributed by atoms with van der Waals surface area (Å²) in [6.45, 7) is 5.08. The molecule has 0 spiro atoms. The van der Waals surface area contributed by atoms with E-state index >= 15 is 0 Å². The third-order valence-corrected chi connectivity index (χ3v) is 4.42. The van der Waals surface area contributed by atoms with E-state index in [1.54, 1.807) is 0 Å². The summed E-state index contributed by atoms with van der Waals surface area (Å²) in [6, 6.07) is 0.135. The molecule has 0 radical (unpaired) electrons. The van der Waals surface area contributed by atoms with Gasteiger partial charge in [0.15, 0.2) is 0 Å². The Labute approximate surface area is 114 Å². The Kier molecular flexibility index (Phi) is 4.13. The highest BCUT2D eigenvalue weighted by Gasteiger charge is 2.46. The van der Waals surface area contributed by atoms with Crippen LogP contribution < -0.4 is 5.32 Å². The second-order valence-electron chi connectivity index (χ2n) is 6.01. The SMILES string of the molecule is CCCC1(C(=O)O)CCN(C(C)C(=O)NC2CC2)C1. The monoisotopic (exact) mass is 268 g/mol. The summed E-state index contributed by atoms with van der Waals surface area (Å²) in [6.07, 6.45) is 4.36. The molecule has 0 aromatic rings. The molecule has 2 unspecified atom stereocenters. The summed E-state index contributed by atoms with van der Waals surface area (Å²) < 4.78 is 0. The summed E-state index contributed by atoms with van der Waals surface area (Å²) in [5.41, 5.74) is -0.650. The van der Waals surface area contributed by atoms with Crippen LogP contribution in [0.3, 0.4) is 0 Å². The van der Waals surface area contributed by atoms with Gasteiger partial charge in [0.05, 0.1) is 11.5 Å². The second-order valence-corrected chi connectivity index (χ2v) is 6.01. The van der Waals surface area contributed by atoms with Crippen LogP contribution in [0.25, 0.3) is 0 Å². The van der Waals surface area contributed by atoms with E-state index in [9.17, 15) is 14.7 Å². The number of aliphatic carboxylic acids is 1. The molecular formula is C14H24N2O3. The van der Waals surface area contributed by atoms with Crippen LogP contribution in [0.5, 0.6) is 0 Å². The summed E-state index contributed by atoms with van der Waals surface area (Å²) in [5.74, 6) is -0.674. The van der Waals surface area contributed by atoms with Crippen molar-refractivity contribution in [3.63, 3.8) is 0 Å². The Morgan fingerprint density at radius 3 is 2.68 bits per heavy atom. The minimum absolute atomic E-state index is 0.0418. The first-order chi connectivity index (χ1) is 8.98. The predicted molar refractivity (Wildman–Crippen MR) is 71.8 cm³/mol. The highest BCUT2D eigenvalue weighted by Crippen LogP contribution is 2.36. The number of hydrogen-bond donors (Lipinski definition) is 2. The summed E-state index contributed by atoms with van der Waals surface area (Å²) >= 11 is 0. The van der Waals surface area contributed by atoms with Crippen molar-refractivity contribution in [2.75, 3.05) is 13.1 Å². The molecule has 0 bridgehead atoms. The first-order valence-corrected chi connectivity index (χ1v) is 7.26. The Morgan fingerprint density at radius 2 is 2.16 bits per heavy atom. The van der Waals surface area contributed by atoms with Gasteiger partial charge < -0.3 is 10.4 Å². The van der Waals surface area contributed by atoms with Crippen molar-refractivity contribution < 1.29 is 14.7 Å². The lowest BCUT2D eigenvalue weighted by Crippen LogP contribution is -2.46. The molecule has 2 rings (SSSR count). The number of nitrogens with zero attached hydrogens (tertiary/aromatic N) is 1. The fourth-order valence-corrected chi connectivity index (χ4v) is 2.91. The third-order valence-electron chi connectivity index (χ3n) is 4.42. The maximum Gasteiger partial charge on any atom is 0.310 e. The maximum atomic E-state index is 12.0. The fraction of sp³-hybridized carbons (Fsp3) is 0.857. The Morgan fingerprint density at radius 1 is 1.47 bits per heavy atom. The highest BCUT2D eigenvalue weighted by atomic mass is 16.4. The van der Waals surface area contributed by atoms with Crippen molar-refractivity contribution in [2.45, 2.75) is 58.0 Å². The third kappa shape index (κ3) is 3.08. The molecule has 108 valence electrons. The van der Waals surface area contributed by atoms with Gasteiger partial charge in [-0.05, 0) is 32.6 Å². The van der Waals surface area contributed by atoms with Crippen LogP contribution >= 0.6 is 0 Å². The highest BCUT2D eigenvalue weighted by molar-refractivity contribution is 5.82. The van der Waals surface area contributed by atoms with Gasteiger partial charge in [-0.2, -0.15) is 0 Å². The molecule has 0 aromatic carbocycles. The van der Waals surface area contributed by atoms with E-state index in [4.69, 9.17) is 0 Å². The first kappa shape index (κ1) is 14.3. The number of nitrogens with one attached hydrogen (secondary N) is 1. The molecule has 1 saturated carbocycles. The van der Waals surface area contributed by atoms with Crippen molar-refractivity contribution in [3.05, 3.63) is 0 Å². The zero-order valence-electron chi connectivity index (χ0n) is 11.8. The zero-order chi connectivity index (χ0) is 14.0. The number of amides is 1. The van der Waals surface area contributed by atoms with E-state index in [-0.39, 0.29) is 11.9 Å². The number of carbonyl (C=O) groups excluding carboxylic acids is 1. The molecule has 19 heavy (non-hydrogen) atoms. The van der Waals surface area contributed by atoms with Crippen molar-refractivity contribution in [2.24, 2.45) is 5.41 Å². The second kappa shape index (κ2) is 5.49. The molecule has 1 amide bonds. The summed E-state index contributed by atoms with van der Waals surface area (Å²) in [7, 11) is 0. The predicted octanol–water partition coefficient (Wildman–Crippen LogP) is 1.23. The molecule has 0 aromatic heterocycles. The van der Waals surface area contributed by atoms with Crippen LogP contribution in [0.1, 0.15) is 46.0 Å². The van der Waals surface area contributed by atoms with Crippen molar-refractivity contribution >= 4 is 11.9 Å². The quantitative estimate of drug-likeness (QED) is 0.760. The average molecular weight is 268 g/mol. The number of carbonyl (C=O) groups is 2. The summed E-state index contributed by atoms with van der Waals surface area (Å²) in [5, 5.41) is 12.5. The molecule has 2 N–H and O–H groups in total. The van der Waals surface area contributed by atoms with E-state index in [1.165, 1.54) is 0 Å².